The van der Waals surface area contributed by atoms with Gasteiger partial charge in [-0.2, -0.15) is 0 Å². The van der Waals surface area contributed by atoms with Crippen LogP contribution in [0.15, 0.2) is 30.3 Å². The van der Waals surface area contributed by atoms with Gasteiger partial charge in [0.05, 0.1) is 11.5 Å². The average molecular weight is 262 g/mol. The van der Waals surface area contributed by atoms with Gasteiger partial charge in [0.25, 0.3) is 0 Å². The van der Waals surface area contributed by atoms with Gasteiger partial charge in [0, 0.05) is 19.7 Å². The van der Waals surface area contributed by atoms with Crippen molar-refractivity contribution in [3.8, 4) is 0 Å². The summed E-state index contributed by atoms with van der Waals surface area (Å²) in [6.07, 6.45) is 2.05. The molecule has 0 spiro atoms. The average Bonchev–Trinajstić information content (AvgIpc) is 2.86. The zero-order chi connectivity index (χ0) is 13.7. The Bertz CT molecular complexity index is 413. The van der Waals surface area contributed by atoms with Crippen LogP contribution in [0.25, 0.3) is 0 Å². The summed E-state index contributed by atoms with van der Waals surface area (Å²) in [5.74, 6) is -0.309. The van der Waals surface area contributed by atoms with E-state index in [2.05, 4.69) is 5.32 Å². The normalized spacial score (nSPS) is 24.1. The number of hydrogen-bond acceptors (Lipinski definition) is 3. The minimum absolute atomic E-state index is 0.0228. The maximum Gasteiger partial charge on any atom is 0.228 e. The summed E-state index contributed by atoms with van der Waals surface area (Å²) < 4.78 is 5.66. The molecule has 2 unspecified atom stereocenters. The topological polar surface area (TPSA) is 64.4 Å². The molecule has 1 saturated heterocycles. The van der Waals surface area contributed by atoms with Crippen molar-refractivity contribution in [2.24, 2.45) is 5.73 Å². The van der Waals surface area contributed by atoms with Gasteiger partial charge >= 0.3 is 0 Å². The molecule has 0 saturated carbocycles. The Kier molecular flexibility index (Phi) is 4.56. The van der Waals surface area contributed by atoms with Gasteiger partial charge in [0.15, 0.2) is 0 Å². The predicted molar refractivity (Wildman–Crippen MR) is 74.8 cm³/mol. The highest BCUT2D eigenvalue weighted by Gasteiger charge is 2.31. The van der Waals surface area contributed by atoms with Gasteiger partial charge in [-0.25, -0.2) is 0 Å². The highest BCUT2D eigenvalue weighted by atomic mass is 16.5. The van der Waals surface area contributed by atoms with Crippen molar-refractivity contribution in [2.45, 2.75) is 31.3 Å². The van der Waals surface area contributed by atoms with E-state index in [9.17, 15) is 4.79 Å². The Morgan fingerprint density at radius 3 is 2.79 bits per heavy atom. The number of benzene rings is 1. The molecule has 104 valence electrons. The third-order valence-corrected chi connectivity index (χ3v) is 3.69. The highest BCUT2D eigenvalue weighted by molar-refractivity contribution is 5.83. The lowest BCUT2D eigenvalue weighted by Crippen LogP contribution is -2.43. The van der Waals surface area contributed by atoms with Crippen LogP contribution in [0.1, 0.15) is 31.2 Å². The maximum absolute atomic E-state index is 12.2. The van der Waals surface area contributed by atoms with E-state index in [4.69, 9.17) is 10.5 Å². The molecule has 3 N–H and O–H groups in total. The van der Waals surface area contributed by atoms with Gasteiger partial charge in [0.1, 0.15) is 0 Å². The van der Waals surface area contributed by atoms with E-state index >= 15 is 0 Å². The Labute approximate surface area is 114 Å². The molecule has 19 heavy (non-hydrogen) atoms. The number of nitrogens with one attached hydrogen (secondary N) is 1. The van der Waals surface area contributed by atoms with Crippen LogP contribution in [0.4, 0.5) is 0 Å². The van der Waals surface area contributed by atoms with Crippen LogP contribution < -0.4 is 11.1 Å². The van der Waals surface area contributed by atoms with Gasteiger partial charge in [-0.05, 0) is 25.3 Å². The quantitative estimate of drug-likeness (QED) is 0.843. The Hall–Kier alpha value is -1.39. The molecule has 0 radical (unpaired) electrons. The lowest BCUT2D eigenvalue weighted by atomic mass is 9.97. The molecule has 1 aromatic rings. The van der Waals surface area contributed by atoms with Crippen molar-refractivity contribution >= 4 is 5.91 Å². The number of amides is 1. The molecule has 2 atom stereocenters. The maximum atomic E-state index is 12.2. The Balaban J connectivity index is 1.94. The summed E-state index contributed by atoms with van der Waals surface area (Å²) in [4.78, 5) is 12.2. The van der Waals surface area contributed by atoms with Crippen LogP contribution in [0, 0.1) is 0 Å². The third-order valence-electron chi connectivity index (χ3n) is 3.69. The number of hydrogen-bond donors (Lipinski definition) is 2. The lowest BCUT2D eigenvalue weighted by molar-refractivity contribution is -0.123. The van der Waals surface area contributed by atoms with Crippen molar-refractivity contribution in [2.75, 3.05) is 19.7 Å². The summed E-state index contributed by atoms with van der Waals surface area (Å²) in [7, 11) is 0. The number of nitrogens with two attached hydrogens (primary N) is 1. The first-order chi connectivity index (χ1) is 9.14. The van der Waals surface area contributed by atoms with Crippen molar-refractivity contribution in [3.63, 3.8) is 0 Å². The number of carbonyl (C=O) groups is 1. The van der Waals surface area contributed by atoms with Crippen LogP contribution in [0.3, 0.4) is 0 Å². The van der Waals surface area contributed by atoms with Crippen LogP contribution in [0.5, 0.6) is 0 Å². The first-order valence-corrected chi connectivity index (χ1v) is 6.81. The summed E-state index contributed by atoms with van der Waals surface area (Å²) in [6.45, 7) is 3.69. The number of carbonyl (C=O) groups excluding carboxylic acids is 1. The van der Waals surface area contributed by atoms with Gasteiger partial charge in [-0.15, -0.1) is 0 Å². The molecular formula is C15H22N2O2. The van der Waals surface area contributed by atoms with E-state index in [0.717, 1.165) is 25.0 Å². The van der Waals surface area contributed by atoms with Crippen molar-refractivity contribution in [3.05, 3.63) is 35.9 Å². The Morgan fingerprint density at radius 2 is 2.21 bits per heavy atom. The first-order valence-electron chi connectivity index (χ1n) is 6.81. The SMILES string of the molecule is CC1(CNC(=O)C(CN)c2ccccc2)CCCO1. The van der Waals surface area contributed by atoms with E-state index in [1.54, 1.807) is 0 Å². The van der Waals surface area contributed by atoms with E-state index in [-0.39, 0.29) is 17.4 Å². The molecule has 1 fully saturated rings. The fourth-order valence-electron chi connectivity index (χ4n) is 2.45. The minimum Gasteiger partial charge on any atom is -0.373 e. The zero-order valence-electron chi connectivity index (χ0n) is 11.4. The molecule has 1 aromatic carbocycles. The second kappa shape index (κ2) is 6.17. The zero-order valence-corrected chi connectivity index (χ0v) is 11.4. The summed E-state index contributed by atoms with van der Waals surface area (Å²) in [5, 5.41) is 2.97. The van der Waals surface area contributed by atoms with Crippen molar-refractivity contribution in [1.29, 1.82) is 0 Å². The number of ether oxygens (including phenoxy) is 1. The molecule has 2 rings (SSSR count). The molecule has 0 aromatic heterocycles. The van der Waals surface area contributed by atoms with Crippen LogP contribution in [0.2, 0.25) is 0 Å². The highest BCUT2D eigenvalue weighted by Crippen LogP contribution is 2.24. The van der Waals surface area contributed by atoms with Gasteiger partial charge in [-0.1, -0.05) is 30.3 Å². The summed E-state index contributed by atoms with van der Waals surface area (Å²) >= 11 is 0. The lowest BCUT2D eigenvalue weighted by Gasteiger charge is -2.25. The second-order valence-electron chi connectivity index (χ2n) is 5.32. The molecule has 1 aliphatic heterocycles. The summed E-state index contributed by atoms with van der Waals surface area (Å²) in [5.41, 5.74) is 6.47. The molecule has 1 amide bonds. The molecule has 0 aliphatic carbocycles. The monoisotopic (exact) mass is 262 g/mol. The standard InChI is InChI=1S/C15H22N2O2/c1-15(8-5-9-19-15)11-17-14(18)13(10-16)12-6-3-2-4-7-12/h2-4,6-7,13H,5,8-11,16H2,1H3,(H,17,18). The fraction of sp³-hybridized carbons (Fsp3) is 0.533. The van der Waals surface area contributed by atoms with Crippen LogP contribution in [-0.4, -0.2) is 31.2 Å². The van der Waals surface area contributed by atoms with Crippen molar-refractivity contribution < 1.29 is 9.53 Å². The van der Waals surface area contributed by atoms with E-state index in [1.807, 2.05) is 37.3 Å². The Morgan fingerprint density at radius 1 is 1.47 bits per heavy atom. The smallest absolute Gasteiger partial charge is 0.228 e. The van der Waals surface area contributed by atoms with Crippen molar-refractivity contribution in [1.82, 2.24) is 5.32 Å². The fourth-order valence-corrected chi connectivity index (χ4v) is 2.45. The third kappa shape index (κ3) is 3.55. The summed E-state index contributed by atoms with van der Waals surface area (Å²) in [6, 6.07) is 9.65. The van der Waals surface area contributed by atoms with Gasteiger partial charge < -0.3 is 15.8 Å². The molecule has 1 heterocycles. The molecule has 0 bridgehead atoms. The molecular weight excluding hydrogens is 240 g/mol. The van der Waals surface area contributed by atoms with E-state index in [1.165, 1.54) is 0 Å². The molecule has 4 nitrogen and oxygen atoms in total. The van der Waals surface area contributed by atoms with Gasteiger partial charge in [0.2, 0.25) is 5.91 Å². The largest absolute Gasteiger partial charge is 0.373 e. The predicted octanol–water partition coefficient (Wildman–Crippen LogP) is 1.41. The van der Waals surface area contributed by atoms with E-state index < -0.39 is 0 Å². The van der Waals surface area contributed by atoms with Crippen LogP contribution >= 0.6 is 0 Å². The van der Waals surface area contributed by atoms with Gasteiger partial charge in [-0.3, -0.25) is 4.79 Å². The second-order valence-corrected chi connectivity index (χ2v) is 5.32. The van der Waals surface area contributed by atoms with E-state index in [0.29, 0.717) is 13.1 Å². The molecule has 1 aliphatic rings. The first kappa shape index (κ1) is 14.0. The minimum atomic E-state index is -0.286. The number of rotatable bonds is 5. The van der Waals surface area contributed by atoms with Crippen LogP contribution in [-0.2, 0) is 9.53 Å². The molecule has 4 heteroatoms.